The van der Waals surface area contributed by atoms with Crippen molar-refractivity contribution >= 4 is 23.2 Å². The molecule has 0 fully saturated rings. The second-order valence-electron chi connectivity index (χ2n) is 3.83. The summed E-state index contributed by atoms with van der Waals surface area (Å²) < 4.78 is 1.51. The van der Waals surface area contributed by atoms with Crippen LogP contribution in [0.4, 0.5) is 5.69 Å². The molecule has 0 saturated heterocycles. The highest BCUT2D eigenvalue weighted by Crippen LogP contribution is 2.16. The van der Waals surface area contributed by atoms with Gasteiger partial charge in [-0.25, -0.2) is 0 Å². The molecule has 18 heavy (non-hydrogen) atoms. The standard InChI is InChI=1S/C12H12ClN3O2/c1-8-11(13)6-14-16(8)7-12(18)15-9-3-2-4-10(17)5-9/h2-6,17H,7H2,1H3,(H,15,18). The van der Waals surface area contributed by atoms with Crippen molar-refractivity contribution in [2.45, 2.75) is 13.5 Å². The first-order chi connectivity index (χ1) is 8.56. The summed E-state index contributed by atoms with van der Waals surface area (Å²) in [6, 6.07) is 6.36. The molecule has 1 amide bonds. The molecule has 0 aliphatic rings. The molecular weight excluding hydrogens is 254 g/mol. The fourth-order valence-electron chi connectivity index (χ4n) is 1.50. The molecule has 0 radical (unpaired) electrons. The van der Waals surface area contributed by atoms with Gasteiger partial charge in [-0.1, -0.05) is 17.7 Å². The predicted octanol–water partition coefficient (Wildman–Crippen LogP) is 2.19. The summed E-state index contributed by atoms with van der Waals surface area (Å²) in [7, 11) is 0. The number of nitrogens with one attached hydrogen (secondary N) is 1. The molecule has 1 aromatic heterocycles. The van der Waals surface area contributed by atoms with Gasteiger partial charge in [-0.3, -0.25) is 9.48 Å². The van der Waals surface area contributed by atoms with E-state index >= 15 is 0 Å². The number of carbonyl (C=O) groups is 1. The van der Waals surface area contributed by atoms with E-state index in [0.29, 0.717) is 10.7 Å². The van der Waals surface area contributed by atoms with E-state index in [9.17, 15) is 9.90 Å². The number of hydrogen-bond acceptors (Lipinski definition) is 3. The number of benzene rings is 1. The van der Waals surface area contributed by atoms with Crippen molar-refractivity contribution in [3.63, 3.8) is 0 Å². The van der Waals surface area contributed by atoms with Crippen LogP contribution in [0.25, 0.3) is 0 Å². The minimum Gasteiger partial charge on any atom is -0.508 e. The first-order valence-electron chi connectivity index (χ1n) is 5.33. The Morgan fingerprint density at radius 3 is 2.94 bits per heavy atom. The molecule has 2 aromatic rings. The van der Waals surface area contributed by atoms with Crippen molar-refractivity contribution in [1.29, 1.82) is 0 Å². The lowest BCUT2D eigenvalue weighted by atomic mass is 10.3. The Hall–Kier alpha value is -2.01. The topological polar surface area (TPSA) is 67.2 Å². The number of rotatable bonds is 3. The molecule has 6 heteroatoms. The van der Waals surface area contributed by atoms with E-state index in [4.69, 9.17) is 11.6 Å². The van der Waals surface area contributed by atoms with Crippen molar-refractivity contribution in [2.75, 3.05) is 5.32 Å². The fourth-order valence-corrected chi connectivity index (χ4v) is 1.64. The molecule has 0 atom stereocenters. The number of nitrogens with zero attached hydrogens (tertiary/aromatic N) is 2. The summed E-state index contributed by atoms with van der Waals surface area (Å²) in [5.74, 6) is -0.130. The Kier molecular flexibility index (Phi) is 3.53. The molecule has 94 valence electrons. The van der Waals surface area contributed by atoms with Crippen LogP contribution in [0.2, 0.25) is 5.02 Å². The van der Waals surface area contributed by atoms with Gasteiger partial charge in [0.15, 0.2) is 0 Å². The van der Waals surface area contributed by atoms with Gasteiger partial charge < -0.3 is 10.4 Å². The van der Waals surface area contributed by atoms with Crippen LogP contribution >= 0.6 is 11.6 Å². The molecule has 5 nitrogen and oxygen atoms in total. The Bertz CT molecular complexity index is 580. The Labute approximate surface area is 109 Å². The van der Waals surface area contributed by atoms with E-state index in [2.05, 4.69) is 10.4 Å². The smallest absolute Gasteiger partial charge is 0.246 e. The summed E-state index contributed by atoms with van der Waals surface area (Å²) in [5.41, 5.74) is 1.28. The van der Waals surface area contributed by atoms with Gasteiger partial charge in [0.25, 0.3) is 0 Å². The zero-order chi connectivity index (χ0) is 13.1. The highest BCUT2D eigenvalue weighted by atomic mass is 35.5. The quantitative estimate of drug-likeness (QED) is 0.894. The lowest BCUT2D eigenvalue weighted by Gasteiger charge is -2.07. The van der Waals surface area contributed by atoms with Gasteiger partial charge in [-0.05, 0) is 19.1 Å². The predicted molar refractivity (Wildman–Crippen MR) is 68.7 cm³/mol. The lowest BCUT2D eigenvalue weighted by molar-refractivity contribution is -0.116. The largest absolute Gasteiger partial charge is 0.508 e. The molecular formula is C12H12ClN3O2. The summed E-state index contributed by atoms with van der Waals surface area (Å²) in [6.07, 6.45) is 1.50. The van der Waals surface area contributed by atoms with Crippen LogP contribution in [-0.2, 0) is 11.3 Å². The van der Waals surface area contributed by atoms with E-state index in [-0.39, 0.29) is 18.2 Å². The maximum Gasteiger partial charge on any atom is 0.246 e. The summed E-state index contributed by atoms with van der Waals surface area (Å²) in [5, 5.41) is 16.5. The van der Waals surface area contributed by atoms with Crippen LogP contribution < -0.4 is 5.32 Å². The number of halogens is 1. The van der Waals surface area contributed by atoms with Gasteiger partial charge in [-0.2, -0.15) is 5.10 Å². The van der Waals surface area contributed by atoms with Gasteiger partial charge in [0.2, 0.25) is 5.91 Å². The zero-order valence-electron chi connectivity index (χ0n) is 9.72. The van der Waals surface area contributed by atoms with Crippen molar-refractivity contribution in [3.8, 4) is 5.75 Å². The molecule has 0 aliphatic heterocycles. The van der Waals surface area contributed by atoms with Gasteiger partial charge in [0, 0.05) is 11.8 Å². The van der Waals surface area contributed by atoms with Crippen LogP contribution in [0.1, 0.15) is 5.69 Å². The van der Waals surface area contributed by atoms with Crippen LogP contribution in [-0.4, -0.2) is 20.8 Å². The summed E-state index contributed by atoms with van der Waals surface area (Å²) >= 11 is 5.85. The average molecular weight is 266 g/mol. The third kappa shape index (κ3) is 2.81. The number of phenols is 1. The first-order valence-corrected chi connectivity index (χ1v) is 5.71. The van der Waals surface area contributed by atoms with Crippen molar-refractivity contribution in [2.24, 2.45) is 0 Å². The monoisotopic (exact) mass is 265 g/mol. The van der Waals surface area contributed by atoms with E-state index < -0.39 is 0 Å². The van der Waals surface area contributed by atoms with Crippen molar-refractivity contribution in [3.05, 3.63) is 41.2 Å². The number of phenolic OH excluding ortho intramolecular Hbond substituents is 1. The number of aromatic hydroxyl groups is 1. The van der Waals surface area contributed by atoms with Crippen LogP contribution in [0, 0.1) is 6.92 Å². The van der Waals surface area contributed by atoms with E-state index in [1.54, 1.807) is 19.1 Å². The van der Waals surface area contributed by atoms with E-state index in [0.717, 1.165) is 5.69 Å². The maximum atomic E-state index is 11.8. The summed E-state index contributed by atoms with van der Waals surface area (Å²) in [6.45, 7) is 1.87. The molecule has 0 bridgehead atoms. The van der Waals surface area contributed by atoms with Gasteiger partial charge in [-0.15, -0.1) is 0 Å². The molecule has 2 rings (SSSR count). The summed E-state index contributed by atoms with van der Waals surface area (Å²) in [4.78, 5) is 11.8. The molecule has 2 N–H and O–H groups in total. The molecule has 0 unspecified atom stereocenters. The SMILES string of the molecule is Cc1c(Cl)cnn1CC(=O)Nc1cccc(O)c1. The third-order valence-corrected chi connectivity index (χ3v) is 2.84. The van der Waals surface area contributed by atoms with Gasteiger partial charge in [0.05, 0.1) is 16.9 Å². The number of carbonyl (C=O) groups excluding carboxylic acids is 1. The number of aromatic nitrogens is 2. The number of hydrogen-bond donors (Lipinski definition) is 2. The third-order valence-electron chi connectivity index (χ3n) is 2.47. The molecule has 0 spiro atoms. The first kappa shape index (κ1) is 12.4. The zero-order valence-corrected chi connectivity index (χ0v) is 10.5. The highest BCUT2D eigenvalue weighted by molar-refractivity contribution is 6.31. The van der Waals surface area contributed by atoms with Crippen LogP contribution in [0.15, 0.2) is 30.5 Å². The van der Waals surface area contributed by atoms with Crippen molar-refractivity contribution in [1.82, 2.24) is 9.78 Å². The molecule has 0 saturated carbocycles. The van der Waals surface area contributed by atoms with E-state index in [1.165, 1.54) is 23.0 Å². The second-order valence-corrected chi connectivity index (χ2v) is 4.24. The molecule has 1 aromatic carbocycles. The minimum atomic E-state index is -0.233. The van der Waals surface area contributed by atoms with Gasteiger partial charge in [0.1, 0.15) is 12.3 Å². The Balaban J connectivity index is 2.03. The fraction of sp³-hybridized carbons (Fsp3) is 0.167. The van der Waals surface area contributed by atoms with E-state index in [1.807, 2.05) is 0 Å². The Morgan fingerprint density at radius 2 is 2.33 bits per heavy atom. The van der Waals surface area contributed by atoms with Gasteiger partial charge >= 0.3 is 0 Å². The maximum absolute atomic E-state index is 11.8. The normalized spacial score (nSPS) is 10.3. The lowest BCUT2D eigenvalue weighted by Crippen LogP contribution is -2.20. The molecule has 0 aliphatic carbocycles. The number of amides is 1. The van der Waals surface area contributed by atoms with Crippen LogP contribution in [0.3, 0.4) is 0 Å². The molecule has 1 heterocycles. The minimum absolute atomic E-state index is 0.0776. The second kappa shape index (κ2) is 5.10. The van der Waals surface area contributed by atoms with Crippen LogP contribution in [0.5, 0.6) is 5.75 Å². The highest BCUT2D eigenvalue weighted by Gasteiger charge is 2.09. The number of anilines is 1. The van der Waals surface area contributed by atoms with Crippen molar-refractivity contribution < 1.29 is 9.90 Å². The Morgan fingerprint density at radius 1 is 1.56 bits per heavy atom. The average Bonchev–Trinajstić information content (AvgIpc) is 2.61.